The first-order valence-corrected chi connectivity index (χ1v) is 4.38. The second kappa shape index (κ2) is 3.50. The molecule has 0 bridgehead atoms. The summed E-state index contributed by atoms with van der Waals surface area (Å²) in [5, 5.41) is 0. The molecule has 70 valence electrons. The average Bonchev–Trinajstić information content (AvgIpc) is 2.20. The zero-order valence-electron chi connectivity index (χ0n) is 7.57. The van der Waals surface area contributed by atoms with Gasteiger partial charge in [0, 0.05) is 11.3 Å². The van der Waals surface area contributed by atoms with Crippen LogP contribution in [-0.4, -0.2) is 0 Å². The van der Waals surface area contributed by atoms with Crippen LogP contribution in [0.3, 0.4) is 0 Å². The van der Waals surface area contributed by atoms with Gasteiger partial charge in [0.15, 0.2) is 0 Å². The zero-order valence-corrected chi connectivity index (χ0v) is 7.57. The molecule has 0 unspecified atom stereocenters. The van der Waals surface area contributed by atoms with Gasteiger partial charge in [0.1, 0.15) is 5.82 Å². The summed E-state index contributed by atoms with van der Waals surface area (Å²) >= 11 is 0. The Bertz CT molecular complexity index is 434. The van der Waals surface area contributed by atoms with Crippen LogP contribution in [0, 0.1) is 5.82 Å². The summed E-state index contributed by atoms with van der Waals surface area (Å²) in [6.45, 7) is 0. The molecular formula is C12H10FN. The Morgan fingerprint density at radius 2 is 1.50 bits per heavy atom. The summed E-state index contributed by atoms with van der Waals surface area (Å²) in [5.41, 5.74) is 7.68. The van der Waals surface area contributed by atoms with Crippen molar-refractivity contribution in [3.05, 3.63) is 54.3 Å². The maximum Gasteiger partial charge on any atom is 0.131 e. The molecule has 0 amide bonds. The van der Waals surface area contributed by atoms with Crippen LogP contribution in [0.15, 0.2) is 48.5 Å². The highest BCUT2D eigenvalue weighted by Gasteiger charge is 2.02. The fraction of sp³-hybridized carbons (Fsp3) is 0. The Kier molecular flexibility index (Phi) is 2.19. The zero-order chi connectivity index (χ0) is 9.97. The van der Waals surface area contributed by atoms with Crippen LogP contribution < -0.4 is 5.73 Å². The number of anilines is 1. The Labute approximate surface area is 82.0 Å². The molecule has 14 heavy (non-hydrogen) atoms. The third-order valence-electron chi connectivity index (χ3n) is 2.10. The molecule has 0 aromatic heterocycles. The van der Waals surface area contributed by atoms with Gasteiger partial charge in [-0.05, 0) is 23.8 Å². The lowest BCUT2D eigenvalue weighted by molar-refractivity contribution is 0.631. The summed E-state index contributed by atoms with van der Waals surface area (Å²) < 4.78 is 13.3. The Morgan fingerprint density at radius 1 is 0.857 bits per heavy atom. The first-order valence-electron chi connectivity index (χ1n) is 4.38. The third kappa shape index (κ3) is 1.59. The van der Waals surface area contributed by atoms with Crippen molar-refractivity contribution in [2.24, 2.45) is 0 Å². The maximum absolute atomic E-state index is 13.3. The maximum atomic E-state index is 13.3. The SMILES string of the molecule is Nc1ccc(-c2ccccc2F)cc1. The highest BCUT2D eigenvalue weighted by molar-refractivity contribution is 5.65. The van der Waals surface area contributed by atoms with Crippen molar-refractivity contribution in [3.8, 4) is 11.1 Å². The van der Waals surface area contributed by atoms with E-state index in [-0.39, 0.29) is 5.82 Å². The molecule has 0 fully saturated rings. The van der Waals surface area contributed by atoms with Crippen LogP contribution in [0.5, 0.6) is 0 Å². The quantitative estimate of drug-likeness (QED) is 0.682. The van der Waals surface area contributed by atoms with Crippen LogP contribution in [0.1, 0.15) is 0 Å². The van der Waals surface area contributed by atoms with E-state index in [1.165, 1.54) is 6.07 Å². The molecule has 0 radical (unpaired) electrons. The monoisotopic (exact) mass is 187 g/mol. The van der Waals surface area contributed by atoms with E-state index in [0.717, 1.165) is 5.56 Å². The minimum Gasteiger partial charge on any atom is -0.399 e. The first kappa shape index (κ1) is 8.75. The van der Waals surface area contributed by atoms with E-state index in [2.05, 4.69) is 0 Å². The van der Waals surface area contributed by atoms with Gasteiger partial charge in [-0.1, -0.05) is 30.3 Å². The largest absolute Gasteiger partial charge is 0.399 e. The third-order valence-corrected chi connectivity index (χ3v) is 2.10. The minimum absolute atomic E-state index is 0.211. The summed E-state index contributed by atoms with van der Waals surface area (Å²) in [7, 11) is 0. The molecule has 0 heterocycles. The number of halogens is 1. The number of nitrogens with two attached hydrogens (primary N) is 1. The van der Waals surface area contributed by atoms with Gasteiger partial charge in [-0.2, -0.15) is 0 Å². The molecule has 0 saturated heterocycles. The molecule has 0 saturated carbocycles. The summed E-state index contributed by atoms with van der Waals surface area (Å²) in [6, 6.07) is 13.8. The molecule has 0 atom stereocenters. The molecule has 1 nitrogen and oxygen atoms in total. The van der Waals surface area contributed by atoms with Crippen molar-refractivity contribution in [3.63, 3.8) is 0 Å². The van der Waals surface area contributed by atoms with Crippen LogP contribution in [0.25, 0.3) is 11.1 Å². The van der Waals surface area contributed by atoms with E-state index in [0.29, 0.717) is 11.3 Å². The van der Waals surface area contributed by atoms with Crippen molar-refractivity contribution < 1.29 is 4.39 Å². The van der Waals surface area contributed by atoms with E-state index in [1.54, 1.807) is 24.3 Å². The molecule has 2 heteroatoms. The van der Waals surface area contributed by atoms with Gasteiger partial charge in [0.2, 0.25) is 0 Å². The Balaban J connectivity index is 2.50. The Morgan fingerprint density at radius 3 is 2.14 bits per heavy atom. The molecule has 2 aromatic rings. The van der Waals surface area contributed by atoms with E-state index in [4.69, 9.17) is 5.73 Å². The molecular weight excluding hydrogens is 177 g/mol. The van der Waals surface area contributed by atoms with Crippen LogP contribution >= 0.6 is 0 Å². The second-order valence-corrected chi connectivity index (χ2v) is 3.10. The van der Waals surface area contributed by atoms with Gasteiger partial charge in [0.25, 0.3) is 0 Å². The fourth-order valence-corrected chi connectivity index (χ4v) is 1.36. The summed E-state index contributed by atoms with van der Waals surface area (Å²) in [6.07, 6.45) is 0. The summed E-state index contributed by atoms with van der Waals surface area (Å²) in [4.78, 5) is 0. The lowest BCUT2D eigenvalue weighted by Gasteiger charge is -2.02. The van der Waals surface area contributed by atoms with E-state index < -0.39 is 0 Å². The molecule has 2 N–H and O–H groups in total. The van der Waals surface area contributed by atoms with Gasteiger partial charge in [-0.3, -0.25) is 0 Å². The Hall–Kier alpha value is -1.83. The lowest BCUT2D eigenvalue weighted by Crippen LogP contribution is -1.86. The number of hydrogen-bond acceptors (Lipinski definition) is 1. The average molecular weight is 187 g/mol. The number of rotatable bonds is 1. The molecule has 0 spiro atoms. The fourth-order valence-electron chi connectivity index (χ4n) is 1.36. The standard InChI is InChI=1S/C12H10FN/c13-12-4-2-1-3-11(12)9-5-7-10(14)8-6-9/h1-8H,14H2. The predicted molar refractivity (Wildman–Crippen MR) is 56.2 cm³/mol. The van der Waals surface area contributed by atoms with Crippen LogP contribution in [-0.2, 0) is 0 Å². The number of nitrogen functional groups attached to an aromatic ring is 1. The molecule has 2 rings (SSSR count). The molecule has 2 aromatic carbocycles. The lowest BCUT2D eigenvalue weighted by atomic mass is 10.1. The smallest absolute Gasteiger partial charge is 0.131 e. The van der Waals surface area contributed by atoms with E-state index in [9.17, 15) is 4.39 Å². The molecule has 0 aliphatic carbocycles. The molecule has 0 aliphatic heterocycles. The van der Waals surface area contributed by atoms with Crippen LogP contribution in [0.4, 0.5) is 10.1 Å². The molecule has 0 aliphatic rings. The number of benzene rings is 2. The number of hydrogen-bond donors (Lipinski definition) is 1. The van der Waals surface area contributed by atoms with E-state index in [1.807, 2.05) is 18.2 Å². The topological polar surface area (TPSA) is 26.0 Å². The predicted octanol–water partition coefficient (Wildman–Crippen LogP) is 3.07. The van der Waals surface area contributed by atoms with Crippen molar-refractivity contribution in [2.75, 3.05) is 5.73 Å². The van der Waals surface area contributed by atoms with Crippen molar-refractivity contribution in [1.82, 2.24) is 0 Å². The van der Waals surface area contributed by atoms with Crippen molar-refractivity contribution in [2.45, 2.75) is 0 Å². The van der Waals surface area contributed by atoms with E-state index >= 15 is 0 Å². The normalized spacial score (nSPS) is 10.1. The highest BCUT2D eigenvalue weighted by Crippen LogP contribution is 2.22. The van der Waals surface area contributed by atoms with Gasteiger partial charge < -0.3 is 5.73 Å². The summed E-state index contributed by atoms with van der Waals surface area (Å²) in [5.74, 6) is -0.211. The second-order valence-electron chi connectivity index (χ2n) is 3.10. The minimum atomic E-state index is -0.211. The van der Waals surface area contributed by atoms with Gasteiger partial charge in [-0.15, -0.1) is 0 Å². The van der Waals surface area contributed by atoms with Gasteiger partial charge >= 0.3 is 0 Å². The van der Waals surface area contributed by atoms with Crippen LogP contribution in [0.2, 0.25) is 0 Å². The van der Waals surface area contributed by atoms with Gasteiger partial charge in [0.05, 0.1) is 0 Å². The van der Waals surface area contributed by atoms with Crippen molar-refractivity contribution >= 4 is 5.69 Å². The van der Waals surface area contributed by atoms with Gasteiger partial charge in [-0.25, -0.2) is 4.39 Å². The highest BCUT2D eigenvalue weighted by atomic mass is 19.1. The van der Waals surface area contributed by atoms with Crippen molar-refractivity contribution in [1.29, 1.82) is 0 Å². The first-order chi connectivity index (χ1) is 6.77.